The Morgan fingerprint density at radius 3 is 2.67 bits per heavy atom. The molecule has 0 unspecified atom stereocenters. The quantitative estimate of drug-likeness (QED) is 0.584. The van der Waals surface area contributed by atoms with Gasteiger partial charge in [-0.05, 0) is 12.1 Å². The van der Waals surface area contributed by atoms with Gasteiger partial charge in [0.2, 0.25) is 0 Å². The van der Waals surface area contributed by atoms with Gasteiger partial charge in [-0.15, -0.1) is 0 Å². The summed E-state index contributed by atoms with van der Waals surface area (Å²) in [5, 5.41) is 0.367. The average molecular weight is 220 g/mol. The maximum absolute atomic E-state index is 5.90. The molecule has 3 heterocycles. The summed E-state index contributed by atoms with van der Waals surface area (Å²) in [4.78, 5) is 12.2. The summed E-state index contributed by atoms with van der Waals surface area (Å²) >= 11 is 5.90. The Bertz CT molecular complexity index is 598. The van der Waals surface area contributed by atoms with Crippen molar-refractivity contribution in [2.45, 2.75) is 0 Å². The molecule has 6 heteroatoms. The lowest BCUT2D eigenvalue weighted by Crippen LogP contribution is -2.05. The Hall–Kier alpha value is -1.88. The third-order valence-corrected chi connectivity index (χ3v) is 2.39. The van der Waals surface area contributed by atoms with E-state index in [1.807, 2.05) is 29.2 Å². The highest BCUT2D eigenvalue weighted by Crippen LogP contribution is 2.16. The largest absolute Gasteiger partial charge is 0.261 e. The van der Waals surface area contributed by atoms with Crippen molar-refractivity contribution in [1.29, 1.82) is 0 Å². The molecule has 0 bridgehead atoms. The van der Waals surface area contributed by atoms with Crippen LogP contribution >= 0.6 is 11.6 Å². The van der Waals surface area contributed by atoms with Crippen LogP contribution in [0.3, 0.4) is 0 Å². The van der Waals surface area contributed by atoms with E-state index in [0.717, 1.165) is 0 Å². The maximum Gasteiger partial charge on any atom is 0.184 e. The molecule has 0 fully saturated rings. The van der Waals surface area contributed by atoms with Gasteiger partial charge in [0.05, 0.1) is 0 Å². The number of hydrogen-bond acceptors (Lipinski definition) is 3. The standard InChI is InChI=1S/C9H6ClN5/c10-8-7-9(12-5-11-8)15(6-13-7)14-3-1-2-4-14/h1-6H. The number of fused-ring (bicyclic) bond motifs is 1. The van der Waals surface area contributed by atoms with Crippen LogP contribution in [0.5, 0.6) is 0 Å². The SMILES string of the molecule is Clc1ncnc2c1ncn2-n1cccc1. The van der Waals surface area contributed by atoms with Gasteiger partial charge in [-0.3, -0.25) is 4.68 Å². The second-order valence-corrected chi connectivity index (χ2v) is 3.35. The van der Waals surface area contributed by atoms with Crippen molar-refractivity contribution >= 4 is 22.8 Å². The Morgan fingerprint density at radius 1 is 1.07 bits per heavy atom. The summed E-state index contributed by atoms with van der Waals surface area (Å²) in [6, 6.07) is 3.85. The zero-order valence-corrected chi connectivity index (χ0v) is 8.33. The first-order valence-corrected chi connectivity index (χ1v) is 4.71. The molecular weight excluding hydrogens is 214 g/mol. The summed E-state index contributed by atoms with van der Waals surface area (Å²) in [5.74, 6) is 0. The highest BCUT2D eigenvalue weighted by molar-refractivity contribution is 6.33. The molecule has 0 saturated heterocycles. The molecule has 0 aliphatic rings. The maximum atomic E-state index is 5.90. The number of hydrogen-bond donors (Lipinski definition) is 0. The summed E-state index contributed by atoms with van der Waals surface area (Å²) in [5.41, 5.74) is 1.29. The fourth-order valence-corrected chi connectivity index (χ4v) is 1.61. The van der Waals surface area contributed by atoms with Gasteiger partial charge in [-0.1, -0.05) is 11.6 Å². The number of imidazole rings is 1. The van der Waals surface area contributed by atoms with Gasteiger partial charge in [-0.2, -0.15) is 0 Å². The second kappa shape index (κ2) is 3.06. The van der Waals surface area contributed by atoms with Crippen LogP contribution < -0.4 is 0 Å². The van der Waals surface area contributed by atoms with Crippen LogP contribution in [0.25, 0.3) is 11.2 Å². The van der Waals surface area contributed by atoms with Gasteiger partial charge >= 0.3 is 0 Å². The van der Waals surface area contributed by atoms with E-state index in [1.165, 1.54) is 6.33 Å². The molecule has 0 saturated carbocycles. The molecule has 15 heavy (non-hydrogen) atoms. The lowest BCUT2D eigenvalue weighted by Gasteiger charge is -2.03. The van der Waals surface area contributed by atoms with Crippen LogP contribution in [-0.2, 0) is 0 Å². The van der Waals surface area contributed by atoms with Crippen molar-refractivity contribution in [3.8, 4) is 0 Å². The molecule has 0 spiro atoms. The number of aromatic nitrogens is 5. The van der Waals surface area contributed by atoms with E-state index in [9.17, 15) is 0 Å². The van der Waals surface area contributed by atoms with Crippen LogP contribution in [0.2, 0.25) is 5.15 Å². The van der Waals surface area contributed by atoms with Gasteiger partial charge in [0.25, 0.3) is 0 Å². The number of halogens is 1. The summed E-state index contributed by atoms with van der Waals surface area (Å²) in [6.07, 6.45) is 6.88. The molecule has 3 rings (SSSR count). The van der Waals surface area contributed by atoms with Crippen LogP contribution in [0.4, 0.5) is 0 Å². The molecule has 74 valence electrons. The highest BCUT2D eigenvalue weighted by Gasteiger charge is 2.08. The minimum atomic E-state index is 0.367. The minimum Gasteiger partial charge on any atom is -0.261 e. The molecule has 0 aliphatic carbocycles. The zero-order chi connectivity index (χ0) is 10.3. The van der Waals surface area contributed by atoms with Crippen molar-refractivity contribution in [1.82, 2.24) is 24.3 Å². The first-order chi connectivity index (χ1) is 7.36. The van der Waals surface area contributed by atoms with Crippen molar-refractivity contribution in [3.63, 3.8) is 0 Å². The Kier molecular flexibility index (Phi) is 1.72. The molecule has 0 aromatic carbocycles. The van der Waals surface area contributed by atoms with Crippen molar-refractivity contribution in [2.24, 2.45) is 0 Å². The topological polar surface area (TPSA) is 48.5 Å². The van der Waals surface area contributed by atoms with E-state index < -0.39 is 0 Å². The van der Waals surface area contributed by atoms with Gasteiger partial charge in [0.15, 0.2) is 10.8 Å². The van der Waals surface area contributed by atoms with Crippen LogP contribution in [0, 0.1) is 0 Å². The lowest BCUT2D eigenvalue weighted by molar-refractivity contribution is 0.678. The molecule has 0 radical (unpaired) electrons. The summed E-state index contributed by atoms with van der Waals surface area (Å²) < 4.78 is 3.65. The van der Waals surface area contributed by atoms with Gasteiger partial charge < -0.3 is 0 Å². The molecular formula is C9H6ClN5. The van der Waals surface area contributed by atoms with E-state index in [4.69, 9.17) is 11.6 Å². The van der Waals surface area contributed by atoms with Gasteiger partial charge in [0.1, 0.15) is 18.2 Å². The fraction of sp³-hybridized carbons (Fsp3) is 0. The van der Waals surface area contributed by atoms with Gasteiger partial charge in [0, 0.05) is 12.4 Å². The van der Waals surface area contributed by atoms with Crippen LogP contribution in [-0.4, -0.2) is 24.3 Å². The molecule has 5 nitrogen and oxygen atoms in total. The minimum absolute atomic E-state index is 0.367. The lowest BCUT2D eigenvalue weighted by atomic mass is 10.6. The highest BCUT2D eigenvalue weighted by atomic mass is 35.5. The first kappa shape index (κ1) is 8.43. The van der Waals surface area contributed by atoms with E-state index in [2.05, 4.69) is 15.0 Å². The molecule has 0 aliphatic heterocycles. The Morgan fingerprint density at radius 2 is 1.87 bits per heavy atom. The van der Waals surface area contributed by atoms with E-state index in [-0.39, 0.29) is 0 Å². The molecule has 3 aromatic rings. The summed E-state index contributed by atoms with van der Waals surface area (Å²) in [6.45, 7) is 0. The third-order valence-electron chi connectivity index (χ3n) is 2.11. The molecule has 3 aromatic heterocycles. The van der Waals surface area contributed by atoms with Crippen molar-refractivity contribution < 1.29 is 0 Å². The fourth-order valence-electron chi connectivity index (χ4n) is 1.43. The van der Waals surface area contributed by atoms with Crippen LogP contribution in [0.1, 0.15) is 0 Å². The molecule has 0 atom stereocenters. The molecule has 0 N–H and O–H groups in total. The third kappa shape index (κ3) is 1.20. The molecule has 0 amide bonds. The zero-order valence-electron chi connectivity index (χ0n) is 7.58. The van der Waals surface area contributed by atoms with Crippen LogP contribution in [0.15, 0.2) is 37.2 Å². The normalized spacial score (nSPS) is 11.0. The number of rotatable bonds is 1. The Balaban J connectivity index is 2.34. The van der Waals surface area contributed by atoms with Crippen molar-refractivity contribution in [2.75, 3.05) is 0 Å². The Labute approximate surface area is 89.9 Å². The first-order valence-electron chi connectivity index (χ1n) is 4.33. The summed E-state index contributed by atoms with van der Waals surface area (Å²) in [7, 11) is 0. The average Bonchev–Trinajstić information content (AvgIpc) is 2.85. The van der Waals surface area contributed by atoms with Crippen molar-refractivity contribution in [3.05, 3.63) is 42.3 Å². The second-order valence-electron chi connectivity index (χ2n) is 2.99. The van der Waals surface area contributed by atoms with Gasteiger partial charge in [-0.25, -0.2) is 19.6 Å². The smallest absolute Gasteiger partial charge is 0.184 e. The monoisotopic (exact) mass is 219 g/mol. The predicted octanol–water partition coefficient (Wildman–Crippen LogP) is 1.59. The number of nitrogens with zero attached hydrogens (tertiary/aromatic N) is 5. The van der Waals surface area contributed by atoms with E-state index >= 15 is 0 Å². The predicted molar refractivity (Wildman–Crippen MR) is 55.6 cm³/mol. The van der Waals surface area contributed by atoms with E-state index in [1.54, 1.807) is 11.0 Å². The van der Waals surface area contributed by atoms with E-state index in [0.29, 0.717) is 16.3 Å².